The van der Waals surface area contributed by atoms with Gasteiger partial charge in [-0.05, 0) is 51.9 Å². The molecular formula is C16H22N2O4. The first-order chi connectivity index (χ1) is 10.6. The maximum Gasteiger partial charge on any atom is 0.332 e. The van der Waals surface area contributed by atoms with E-state index in [2.05, 4.69) is 10.2 Å². The summed E-state index contributed by atoms with van der Waals surface area (Å²) in [7, 11) is 0. The summed E-state index contributed by atoms with van der Waals surface area (Å²) in [6, 6.07) is 3.47. The van der Waals surface area contributed by atoms with E-state index in [4.69, 9.17) is 9.15 Å². The molecule has 1 saturated heterocycles. The van der Waals surface area contributed by atoms with Gasteiger partial charge in [0.1, 0.15) is 5.76 Å². The summed E-state index contributed by atoms with van der Waals surface area (Å²) < 4.78 is 10.3. The van der Waals surface area contributed by atoms with Crippen LogP contribution in [0.5, 0.6) is 0 Å². The van der Waals surface area contributed by atoms with E-state index in [0.29, 0.717) is 12.3 Å². The van der Waals surface area contributed by atoms with Gasteiger partial charge in [0.2, 0.25) is 0 Å². The van der Waals surface area contributed by atoms with Crippen molar-refractivity contribution >= 4 is 11.9 Å². The number of carbonyl (C=O) groups is 2. The highest BCUT2D eigenvalue weighted by molar-refractivity contribution is 5.93. The number of furan rings is 1. The molecule has 0 aliphatic carbocycles. The maximum atomic E-state index is 12.0. The molecule has 0 atom stereocenters. The average molecular weight is 306 g/mol. The Bertz CT molecular complexity index is 556. The van der Waals surface area contributed by atoms with E-state index in [1.165, 1.54) is 18.9 Å². The third kappa shape index (κ3) is 4.73. The maximum absolute atomic E-state index is 12.0. The summed E-state index contributed by atoms with van der Waals surface area (Å²) in [6.07, 6.45) is 3.67. The molecule has 6 nitrogen and oxygen atoms in total. The van der Waals surface area contributed by atoms with Crippen LogP contribution >= 0.6 is 0 Å². The number of ether oxygens (including phenoxy) is 1. The van der Waals surface area contributed by atoms with Crippen molar-refractivity contribution in [2.45, 2.75) is 33.2 Å². The van der Waals surface area contributed by atoms with Gasteiger partial charge in [-0.3, -0.25) is 9.69 Å². The lowest BCUT2D eigenvalue weighted by molar-refractivity contribution is -0.137. The molecule has 1 aromatic rings. The van der Waals surface area contributed by atoms with Crippen molar-refractivity contribution in [2.75, 3.05) is 19.7 Å². The highest BCUT2D eigenvalue weighted by Gasteiger charge is 2.16. The van der Waals surface area contributed by atoms with E-state index in [-0.39, 0.29) is 11.7 Å². The lowest BCUT2D eigenvalue weighted by Gasteiger charge is -2.11. The summed E-state index contributed by atoms with van der Waals surface area (Å²) in [5.41, 5.74) is 0.418. The number of hydrogen-bond donors (Lipinski definition) is 1. The number of nitrogens with zero attached hydrogens (tertiary/aromatic N) is 1. The predicted octanol–water partition coefficient (Wildman–Crippen LogP) is 2.07. The molecular weight excluding hydrogens is 284 g/mol. The van der Waals surface area contributed by atoms with Gasteiger partial charge in [0.25, 0.3) is 5.91 Å². The second-order valence-corrected chi connectivity index (χ2v) is 5.28. The van der Waals surface area contributed by atoms with Gasteiger partial charge in [0.05, 0.1) is 13.2 Å². The van der Waals surface area contributed by atoms with Crippen molar-refractivity contribution in [3.63, 3.8) is 0 Å². The third-order valence-electron chi connectivity index (χ3n) is 3.40. The van der Waals surface area contributed by atoms with Crippen molar-refractivity contribution in [1.82, 2.24) is 10.2 Å². The number of amides is 1. The zero-order chi connectivity index (χ0) is 15.9. The van der Waals surface area contributed by atoms with Gasteiger partial charge in [-0.25, -0.2) is 4.79 Å². The molecule has 1 aromatic heterocycles. The van der Waals surface area contributed by atoms with Crippen molar-refractivity contribution in [3.8, 4) is 0 Å². The molecule has 0 saturated carbocycles. The van der Waals surface area contributed by atoms with Crippen LogP contribution in [0.3, 0.4) is 0 Å². The Balaban J connectivity index is 1.89. The topological polar surface area (TPSA) is 71.8 Å². The molecule has 0 bridgehead atoms. The van der Waals surface area contributed by atoms with Crippen molar-refractivity contribution in [1.29, 1.82) is 0 Å². The second kappa shape index (κ2) is 7.79. The van der Waals surface area contributed by atoms with Gasteiger partial charge in [0, 0.05) is 11.8 Å². The SMILES string of the molecule is CCOC(=O)/C=C(\C)NC(=O)c1ccc(CN2CCCC2)o1. The molecule has 2 heterocycles. The largest absolute Gasteiger partial charge is 0.463 e. The molecule has 1 fully saturated rings. The molecule has 1 aliphatic rings. The molecule has 120 valence electrons. The van der Waals surface area contributed by atoms with E-state index in [1.54, 1.807) is 19.9 Å². The average Bonchev–Trinajstić information content (AvgIpc) is 3.10. The van der Waals surface area contributed by atoms with Crippen molar-refractivity contribution < 1.29 is 18.7 Å². The number of likely N-dealkylation sites (tertiary alicyclic amines) is 1. The zero-order valence-corrected chi connectivity index (χ0v) is 13.1. The van der Waals surface area contributed by atoms with E-state index in [1.807, 2.05) is 6.07 Å². The first-order valence-electron chi connectivity index (χ1n) is 7.56. The van der Waals surface area contributed by atoms with Gasteiger partial charge >= 0.3 is 5.97 Å². The molecule has 0 aromatic carbocycles. The lowest BCUT2D eigenvalue weighted by Crippen LogP contribution is -2.22. The Hall–Kier alpha value is -2.08. The van der Waals surface area contributed by atoms with Gasteiger partial charge in [0.15, 0.2) is 5.76 Å². The zero-order valence-electron chi connectivity index (χ0n) is 13.1. The Morgan fingerprint density at radius 1 is 1.36 bits per heavy atom. The van der Waals surface area contributed by atoms with Crippen LogP contribution in [0.4, 0.5) is 0 Å². The number of esters is 1. The Labute approximate surface area is 130 Å². The number of nitrogens with one attached hydrogen (secondary N) is 1. The summed E-state index contributed by atoms with van der Waals surface area (Å²) in [6.45, 7) is 6.53. The third-order valence-corrected chi connectivity index (χ3v) is 3.40. The summed E-state index contributed by atoms with van der Waals surface area (Å²) >= 11 is 0. The van der Waals surface area contributed by atoms with Gasteiger partial charge in [-0.15, -0.1) is 0 Å². The number of hydrogen-bond acceptors (Lipinski definition) is 5. The smallest absolute Gasteiger partial charge is 0.332 e. The quantitative estimate of drug-likeness (QED) is 0.643. The van der Waals surface area contributed by atoms with E-state index in [0.717, 1.165) is 25.4 Å². The van der Waals surface area contributed by atoms with Gasteiger partial charge in [-0.1, -0.05) is 0 Å². The molecule has 1 amide bonds. The highest BCUT2D eigenvalue weighted by atomic mass is 16.5. The molecule has 22 heavy (non-hydrogen) atoms. The molecule has 1 aliphatic heterocycles. The van der Waals surface area contributed by atoms with Gasteiger partial charge < -0.3 is 14.5 Å². The minimum atomic E-state index is -0.477. The van der Waals surface area contributed by atoms with Crippen LogP contribution in [0.15, 0.2) is 28.3 Å². The van der Waals surface area contributed by atoms with Crippen molar-refractivity contribution in [2.24, 2.45) is 0 Å². The molecule has 2 rings (SSSR count). The summed E-state index contributed by atoms with van der Waals surface area (Å²) in [4.78, 5) is 25.6. The van der Waals surface area contributed by atoms with Crippen LogP contribution in [0.25, 0.3) is 0 Å². The standard InChI is InChI=1S/C16H22N2O4/c1-3-21-15(19)10-12(2)17-16(20)14-7-6-13(22-14)11-18-8-4-5-9-18/h6-7,10H,3-5,8-9,11H2,1-2H3,(H,17,20)/b12-10+. The number of rotatable bonds is 6. The first kappa shape index (κ1) is 16.3. The Morgan fingerprint density at radius 3 is 2.77 bits per heavy atom. The first-order valence-corrected chi connectivity index (χ1v) is 7.56. The highest BCUT2D eigenvalue weighted by Crippen LogP contribution is 2.15. The summed E-state index contributed by atoms with van der Waals surface area (Å²) in [5, 5.41) is 2.61. The second-order valence-electron chi connectivity index (χ2n) is 5.28. The molecule has 1 N–H and O–H groups in total. The molecule has 6 heteroatoms. The normalized spacial score (nSPS) is 15.8. The van der Waals surface area contributed by atoms with Crippen LogP contribution in [-0.4, -0.2) is 36.5 Å². The molecule has 0 spiro atoms. The van der Waals surface area contributed by atoms with E-state index in [9.17, 15) is 9.59 Å². The van der Waals surface area contributed by atoms with Gasteiger partial charge in [-0.2, -0.15) is 0 Å². The van der Waals surface area contributed by atoms with Crippen molar-refractivity contribution in [3.05, 3.63) is 35.4 Å². The Kier molecular flexibility index (Phi) is 5.77. The Morgan fingerprint density at radius 2 is 2.09 bits per heavy atom. The van der Waals surface area contributed by atoms with Crippen LogP contribution < -0.4 is 5.32 Å². The van der Waals surface area contributed by atoms with E-state index < -0.39 is 5.97 Å². The van der Waals surface area contributed by atoms with E-state index >= 15 is 0 Å². The van der Waals surface area contributed by atoms with Crippen LogP contribution in [0.2, 0.25) is 0 Å². The predicted molar refractivity (Wildman–Crippen MR) is 81.1 cm³/mol. The summed E-state index contributed by atoms with van der Waals surface area (Å²) in [5.74, 6) is 0.171. The fourth-order valence-corrected chi connectivity index (χ4v) is 2.38. The fraction of sp³-hybridized carbons (Fsp3) is 0.500. The molecule has 0 unspecified atom stereocenters. The number of allylic oxidation sites excluding steroid dienone is 1. The fourth-order valence-electron chi connectivity index (χ4n) is 2.38. The monoisotopic (exact) mass is 306 g/mol. The van der Waals surface area contributed by atoms with Crippen LogP contribution in [0, 0.1) is 0 Å². The molecule has 0 radical (unpaired) electrons. The van der Waals surface area contributed by atoms with Crippen LogP contribution in [-0.2, 0) is 16.1 Å². The van der Waals surface area contributed by atoms with Crippen LogP contribution in [0.1, 0.15) is 43.0 Å². The lowest BCUT2D eigenvalue weighted by atomic mass is 10.3. The minimum Gasteiger partial charge on any atom is -0.463 e. The minimum absolute atomic E-state index is 0.241. The number of carbonyl (C=O) groups excluding carboxylic acids is 2.